The number of ether oxygens (including phenoxy) is 1. The number of nitrogens with one attached hydrogen (secondary N) is 1. The molecule has 0 spiro atoms. The second kappa shape index (κ2) is 6.18. The van der Waals surface area contributed by atoms with Crippen LogP contribution in [0.2, 0.25) is 0 Å². The largest absolute Gasteiger partial charge is 0.495 e. The zero-order valence-corrected chi connectivity index (χ0v) is 13.2. The molecular weight excluding hydrogens is 281 g/mol. The van der Waals surface area contributed by atoms with Crippen molar-refractivity contribution in [1.82, 2.24) is 0 Å². The van der Waals surface area contributed by atoms with Gasteiger partial charge in [-0.2, -0.15) is 0 Å². The summed E-state index contributed by atoms with van der Waals surface area (Å²) in [5, 5.41) is 2.82. The second-order valence-electron chi connectivity index (χ2n) is 6.13. The van der Waals surface area contributed by atoms with Crippen molar-refractivity contribution >= 4 is 11.6 Å². The Balaban J connectivity index is 2.31. The van der Waals surface area contributed by atoms with Gasteiger partial charge in [0, 0.05) is 5.56 Å². The molecule has 0 bridgehead atoms. The smallest absolute Gasteiger partial charge is 0.255 e. The minimum absolute atomic E-state index is 0.0401. The van der Waals surface area contributed by atoms with Gasteiger partial charge in [0.1, 0.15) is 11.6 Å². The van der Waals surface area contributed by atoms with Crippen molar-refractivity contribution < 1.29 is 13.9 Å². The van der Waals surface area contributed by atoms with Gasteiger partial charge in [-0.05, 0) is 47.4 Å². The number of hydrogen-bond acceptors (Lipinski definition) is 2. The lowest BCUT2D eigenvalue weighted by atomic mass is 9.87. The number of halogens is 1. The SMILES string of the molecule is COc1ccc(C(C)(C)C)cc1NC(=O)c1ccc(F)cc1. The van der Waals surface area contributed by atoms with E-state index in [2.05, 4.69) is 26.1 Å². The van der Waals surface area contributed by atoms with Gasteiger partial charge in [0.15, 0.2) is 0 Å². The summed E-state index contributed by atoms with van der Waals surface area (Å²) in [6.45, 7) is 6.29. The third-order valence-electron chi connectivity index (χ3n) is 3.42. The molecule has 0 fully saturated rings. The first-order valence-electron chi connectivity index (χ1n) is 7.06. The number of hydrogen-bond donors (Lipinski definition) is 1. The molecule has 0 aliphatic carbocycles. The van der Waals surface area contributed by atoms with Gasteiger partial charge in [0.2, 0.25) is 0 Å². The Morgan fingerprint density at radius 2 is 1.73 bits per heavy atom. The Morgan fingerprint density at radius 1 is 1.09 bits per heavy atom. The number of anilines is 1. The molecule has 0 aliphatic heterocycles. The summed E-state index contributed by atoms with van der Waals surface area (Å²) < 4.78 is 18.2. The van der Waals surface area contributed by atoms with Crippen molar-refractivity contribution in [3.05, 3.63) is 59.4 Å². The topological polar surface area (TPSA) is 38.3 Å². The van der Waals surface area contributed by atoms with E-state index < -0.39 is 0 Å². The van der Waals surface area contributed by atoms with Crippen LogP contribution in [0.3, 0.4) is 0 Å². The van der Waals surface area contributed by atoms with E-state index >= 15 is 0 Å². The maximum absolute atomic E-state index is 12.9. The highest BCUT2D eigenvalue weighted by Gasteiger charge is 2.17. The maximum atomic E-state index is 12.9. The van der Waals surface area contributed by atoms with Gasteiger partial charge < -0.3 is 10.1 Å². The van der Waals surface area contributed by atoms with Gasteiger partial charge in [0.25, 0.3) is 5.91 Å². The third kappa shape index (κ3) is 3.64. The molecule has 2 aromatic carbocycles. The first kappa shape index (κ1) is 16.0. The van der Waals surface area contributed by atoms with E-state index in [1.165, 1.54) is 24.3 Å². The molecule has 116 valence electrons. The summed E-state index contributed by atoms with van der Waals surface area (Å²) in [5.74, 6) is -0.0864. The first-order chi connectivity index (χ1) is 10.3. The molecular formula is C18H20FNO2. The van der Waals surface area contributed by atoms with Crippen molar-refractivity contribution in [2.45, 2.75) is 26.2 Å². The van der Waals surface area contributed by atoms with Gasteiger partial charge in [0.05, 0.1) is 12.8 Å². The molecule has 0 unspecified atom stereocenters. The lowest BCUT2D eigenvalue weighted by Crippen LogP contribution is -2.15. The minimum Gasteiger partial charge on any atom is -0.495 e. The maximum Gasteiger partial charge on any atom is 0.255 e. The lowest BCUT2D eigenvalue weighted by Gasteiger charge is -2.21. The summed E-state index contributed by atoms with van der Waals surface area (Å²) in [6, 6.07) is 11.1. The van der Waals surface area contributed by atoms with E-state index in [0.717, 1.165) is 5.56 Å². The predicted molar refractivity (Wildman–Crippen MR) is 86.0 cm³/mol. The van der Waals surface area contributed by atoms with Gasteiger partial charge in [-0.3, -0.25) is 4.79 Å². The van der Waals surface area contributed by atoms with E-state index in [1.807, 2.05) is 18.2 Å². The van der Waals surface area contributed by atoms with Gasteiger partial charge in [-0.15, -0.1) is 0 Å². The molecule has 0 atom stereocenters. The van der Waals surface area contributed by atoms with Crippen LogP contribution >= 0.6 is 0 Å². The van der Waals surface area contributed by atoms with Crippen LogP contribution in [0.5, 0.6) is 5.75 Å². The van der Waals surface area contributed by atoms with Crippen LogP contribution in [0.15, 0.2) is 42.5 Å². The molecule has 0 saturated carbocycles. The van der Waals surface area contributed by atoms with Crippen LogP contribution in [0.25, 0.3) is 0 Å². The van der Waals surface area contributed by atoms with E-state index in [4.69, 9.17) is 4.74 Å². The van der Waals surface area contributed by atoms with Crippen LogP contribution in [0.1, 0.15) is 36.7 Å². The van der Waals surface area contributed by atoms with Crippen LogP contribution in [-0.4, -0.2) is 13.0 Å². The Kier molecular flexibility index (Phi) is 4.50. The van der Waals surface area contributed by atoms with Crippen molar-refractivity contribution in [3.63, 3.8) is 0 Å². The highest BCUT2D eigenvalue weighted by Crippen LogP contribution is 2.31. The summed E-state index contributed by atoms with van der Waals surface area (Å²) in [4.78, 5) is 12.3. The van der Waals surface area contributed by atoms with Crippen molar-refractivity contribution in [3.8, 4) is 5.75 Å². The van der Waals surface area contributed by atoms with Crippen LogP contribution in [0, 0.1) is 5.82 Å². The number of benzene rings is 2. The number of rotatable bonds is 3. The molecule has 0 heterocycles. The molecule has 0 aliphatic rings. The van der Waals surface area contributed by atoms with Crippen molar-refractivity contribution in [2.24, 2.45) is 0 Å². The van der Waals surface area contributed by atoms with Crippen LogP contribution in [0.4, 0.5) is 10.1 Å². The lowest BCUT2D eigenvalue weighted by molar-refractivity contribution is 0.102. The van der Waals surface area contributed by atoms with Gasteiger partial charge in [-0.1, -0.05) is 26.8 Å². The van der Waals surface area contributed by atoms with Crippen LogP contribution < -0.4 is 10.1 Å². The molecule has 0 saturated heterocycles. The Bertz CT molecular complexity index is 672. The average Bonchev–Trinajstić information content (AvgIpc) is 2.46. The van der Waals surface area contributed by atoms with E-state index in [1.54, 1.807) is 7.11 Å². The highest BCUT2D eigenvalue weighted by molar-refractivity contribution is 6.05. The number of amides is 1. The second-order valence-corrected chi connectivity index (χ2v) is 6.13. The molecule has 1 N–H and O–H groups in total. The highest BCUT2D eigenvalue weighted by atomic mass is 19.1. The summed E-state index contributed by atoms with van der Waals surface area (Å²) in [7, 11) is 1.56. The standard InChI is InChI=1S/C18H20FNO2/c1-18(2,3)13-7-10-16(22-4)15(11-13)20-17(21)12-5-8-14(19)9-6-12/h5-11H,1-4H3,(H,20,21). The fourth-order valence-corrected chi connectivity index (χ4v) is 2.07. The summed E-state index contributed by atoms with van der Waals surface area (Å²) in [5.41, 5.74) is 2.04. The van der Waals surface area contributed by atoms with Crippen molar-refractivity contribution in [1.29, 1.82) is 0 Å². The molecule has 0 radical (unpaired) electrons. The van der Waals surface area contributed by atoms with Crippen molar-refractivity contribution in [2.75, 3.05) is 12.4 Å². The molecule has 4 heteroatoms. The minimum atomic E-state index is -0.371. The van der Waals surface area contributed by atoms with E-state index in [9.17, 15) is 9.18 Å². The summed E-state index contributed by atoms with van der Waals surface area (Å²) >= 11 is 0. The molecule has 0 aromatic heterocycles. The third-order valence-corrected chi connectivity index (χ3v) is 3.42. The zero-order valence-electron chi connectivity index (χ0n) is 13.2. The fourth-order valence-electron chi connectivity index (χ4n) is 2.07. The molecule has 1 amide bonds. The normalized spacial score (nSPS) is 11.1. The van der Waals surface area contributed by atoms with Crippen LogP contribution in [-0.2, 0) is 5.41 Å². The summed E-state index contributed by atoms with van der Waals surface area (Å²) in [6.07, 6.45) is 0. The Labute approximate surface area is 130 Å². The Hall–Kier alpha value is -2.36. The van der Waals surface area contributed by atoms with Gasteiger partial charge >= 0.3 is 0 Å². The molecule has 2 aromatic rings. The monoisotopic (exact) mass is 301 g/mol. The quantitative estimate of drug-likeness (QED) is 0.913. The van der Waals surface area contributed by atoms with Gasteiger partial charge in [-0.25, -0.2) is 4.39 Å². The fraction of sp³-hybridized carbons (Fsp3) is 0.278. The number of carbonyl (C=O) groups is 1. The molecule has 3 nitrogen and oxygen atoms in total. The number of carbonyl (C=O) groups excluding carboxylic acids is 1. The van der Waals surface area contributed by atoms with E-state index in [-0.39, 0.29) is 17.1 Å². The molecule has 22 heavy (non-hydrogen) atoms. The predicted octanol–water partition coefficient (Wildman–Crippen LogP) is 4.38. The zero-order chi connectivity index (χ0) is 16.3. The molecule has 2 rings (SSSR count). The first-order valence-corrected chi connectivity index (χ1v) is 7.06. The number of methoxy groups -OCH3 is 1. The Morgan fingerprint density at radius 3 is 2.27 bits per heavy atom. The van der Waals surface area contributed by atoms with E-state index in [0.29, 0.717) is 17.0 Å². The average molecular weight is 301 g/mol.